The Morgan fingerprint density at radius 3 is 2.48 bits per heavy atom. The van der Waals surface area contributed by atoms with Crippen molar-refractivity contribution in [2.24, 2.45) is 0 Å². The maximum atomic E-state index is 15.1. The van der Waals surface area contributed by atoms with Gasteiger partial charge in [-0.2, -0.15) is 0 Å². The maximum absolute atomic E-state index is 15.1. The van der Waals surface area contributed by atoms with Crippen molar-refractivity contribution >= 4 is 5.69 Å². The first-order valence-corrected chi connectivity index (χ1v) is 14.9. The van der Waals surface area contributed by atoms with Crippen LogP contribution in [0.3, 0.4) is 0 Å². The highest BCUT2D eigenvalue weighted by Gasteiger charge is 2.38. The van der Waals surface area contributed by atoms with Gasteiger partial charge in [0.2, 0.25) is 0 Å². The fraction of sp³-hybridized carbons (Fsp3) is 0.471. The molecule has 0 radical (unpaired) electrons. The molecule has 2 saturated heterocycles. The Kier molecular flexibility index (Phi) is 7.88. The summed E-state index contributed by atoms with van der Waals surface area (Å²) in [5, 5.41) is 9.91. The number of aromatic hydroxyl groups is 1. The van der Waals surface area contributed by atoms with E-state index in [4.69, 9.17) is 9.47 Å². The lowest BCUT2D eigenvalue weighted by Crippen LogP contribution is -2.32. The van der Waals surface area contributed by atoms with Crippen LogP contribution in [0.25, 0.3) is 0 Å². The van der Waals surface area contributed by atoms with Crippen molar-refractivity contribution in [3.63, 3.8) is 0 Å². The molecule has 3 aromatic rings. The summed E-state index contributed by atoms with van der Waals surface area (Å²) in [6.45, 7) is 4.94. The van der Waals surface area contributed by atoms with Gasteiger partial charge >= 0.3 is 0 Å². The van der Waals surface area contributed by atoms with Crippen LogP contribution in [0.15, 0.2) is 54.6 Å². The van der Waals surface area contributed by atoms with Crippen LogP contribution in [0.4, 0.5) is 10.1 Å². The Morgan fingerprint density at radius 1 is 0.950 bits per heavy atom. The minimum atomic E-state index is -0.295. The molecule has 212 valence electrons. The third kappa shape index (κ3) is 5.51. The predicted molar refractivity (Wildman–Crippen MR) is 157 cm³/mol. The van der Waals surface area contributed by atoms with Gasteiger partial charge < -0.3 is 19.5 Å². The molecular weight excluding hydrogens is 503 g/mol. The van der Waals surface area contributed by atoms with E-state index in [2.05, 4.69) is 34.9 Å². The van der Waals surface area contributed by atoms with E-state index in [1.165, 1.54) is 42.4 Å². The number of halogens is 1. The quantitative estimate of drug-likeness (QED) is 0.303. The van der Waals surface area contributed by atoms with Crippen LogP contribution in [0.1, 0.15) is 67.2 Å². The third-order valence-corrected chi connectivity index (χ3v) is 9.40. The Morgan fingerprint density at radius 2 is 1.75 bits per heavy atom. The van der Waals surface area contributed by atoms with Gasteiger partial charge in [0.25, 0.3) is 0 Å². The fourth-order valence-corrected chi connectivity index (χ4v) is 7.27. The molecule has 1 aliphatic carbocycles. The van der Waals surface area contributed by atoms with Gasteiger partial charge in [0.1, 0.15) is 18.1 Å². The van der Waals surface area contributed by atoms with Crippen LogP contribution in [0, 0.1) is 5.82 Å². The van der Waals surface area contributed by atoms with E-state index in [1.807, 2.05) is 18.2 Å². The first kappa shape index (κ1) is 26.9. The van der Waals surface area contributed by atoms with Crippen molar-refractivity contribution in [1.29, 1.82) is 0 Å². The molecule has 1 atom stereocenters. The van der Waals surface area contributed by atoms with Gasteiger partial charge in [-0.15, -0.1) is 0 Å². The molecule has 2 heterocycles. The second-order valence-corrected chi connectivity index (χ2v) is 11.6. The van der Waals surface area contributed by atoms with Crippen molar-refractivity contribution in [2.45, 2.75) is 76.4 Å². The Hall–Kier alpha value is -3.25. The van der Waals surface area contributed by atoms with Gasteiger partial charge in [0, 0.05) is 43.5 Å². The molecule has 2 aliphatic heterocycles. The molecule has 0 amide bonds. The number of nitrogens with zero attached hydrogens (tertiary/aromatic N) is 2. The molecular formula is C34H41FN2O3. The second-order valence-electron chi connectivity index (χ2n) is 11.6. The Balaban J connectivity index is 1.16. The molecule has 0 spiro atoms. The summed E-state index contributed by atoms with van der Waals surface area (Å²) in [5.74, 6) is 1.56. The van der Waals surface area contributed by atoms with Gasteiger partial charge in [-0.3, -0.25) is 4.90 Å². The van der Waals surface area contributed by atoms with Gasteiger partial charge in [-0.25, -0.2) is 4.39 Å². The minimum Gasteiger partial charge on any atom is -0.508 e. The number of fused-ring (bicyclic) bond motifs is 3. The molecule has 0 unspecified atom stereocenters. The van der Waals surface area contributed by atoms with Crippen LogP contribution in [0.2, 0.25) is 0 Å². The summed E-state index contributed by atoms with van der Waals surface area (Å²) < 4.78 is 26.6. The number of anilines is 1. The van der Waals surface area contributed by atoms with E-state index in [0.717, 1.165) is 49.4 Å². The van der Waals surface area contributed by atoms with Gasteiger partial charge in [0.05, 0.1) is 7.11 Å². The number of phenols is 1. The van der Waals surface area contributed by atoms with Gasteiger partial charge in [0.15, 0.2) is 11.6 Å². The van der Waals surface area contributed by atoms with Crippen molar-refractivity contribution < 1.29 is 19.0 Å². The maximum Gasteiger partial charge on any atom is 0.165 e. The van der Waals surface area contributed by atoms with Crippen molar-refractivity contribution in [3.05, 3.63) is 82.7 Å². The Bertz CT molecular complexity index is 1320. The van der Waals surface area contributed by atoms with Crippen LogP contribution < -0.4 is 14.4 Å². The highest BCUT2D eigenvalue weighted by Crippen LogP contribution is 2.40. The van der Waals surface area contributed by atoms with E-state index < -0.39 is 0 Å². The monoisotopic (exact) mass is 544 g/mol. The number of methoxy groups -OCH3 is 1. The highest BCUT2D eigenvalue weighted by atomic mass is 19.1. The van der Waals surface area contributed by atoms with Crippen molar-refractivity contribution in [2.75, 3.05) is 31.7 Å². The van der Waals surface area contributed by atoms with E-state index in [-0.39, 0.29) is 5.82 Å². The molecule has 2 fully saturated rings. The summed E-state index contributed by atoms with van der Waals surface area (Å²) in [6, 6.07) is 18.9. The summed E-state index contributed by atoms with van der Waals surface area (Å²) >= 11 is 0. The molecule has 0 aromatic heterocycles. The largest absolute Gasteiger partial charge is 0.508 e. The number of phenolic OH excluding ortho intramolecular Hbond substituents is 1. The zero-order valence-electron chi connectivity index (χ0n) is 23.7. The molecule has 6 rings (SSSR count). The van der Waals surface area contributed by atoms with Crippen LogP contribution in [0.5, 0.6) is 17.2 Å². The molecule has 40 heavy (non-hydrogen) atoms. The fourth-order valence-electron chi connectivity index (χ4n) is 7.27. The summed E-state index contributed by atoms with van der Waals surface area (Å²) in [5.41, 5.74) is 5.88. The van der Waals surface area contributed by atoms with Gasteiger partial charge in [-0.1, -0.05) is 18.2 Å². The Labute approximate surface area is 237 Å². The normalized spacial score (nSPS) is 21.8. The first-order valence-electron chi connectivity index (χ1n) is 14.9. The molecule has 5 nitrogen and oxygen atoms in total. The summed E-state index contributed by atoms with van der Waals surface area (Å²) in [4.78, 5) is 4.87. The van der Waals surface area contributed by atoms with Crippen molar-refractivity contribution in [3.8, 4) is 17.2 Å². The molecule has 1 N–H and O–H groups in total. The number of hydrogen-bond acceptors (Lipinski definition) is 5. The molecule has 3 aliphatic rings. The molecule has 3 aromatic carbocycles. The van der Waals surface area contributed by atoms with E-state index in [1.54, 1.807) is 25.3 Å². The van der Waals surface area contributed by atoms with Gasteiger partial charge in [-0.05, 0) is 110 Å². The minimum absolute atomic E-state index is 0.295. The predicted octanol–water partition coefficient (Wildman–Crippen LogP) is 6.84. The third-order valence-electron chi connectivity index (χ3n) is 9.40. The van der Waals surface area contributed by atoms with Crippen LogP contribution >= 0.6 is 0 Å². The summed E-state index contributed by atoms with van der Waals surface area (Å²) in [7, 11) is 1.70. The number of aryl methyl sites for hydroxylation is 1. The molecule has 0 saturated carbocycles. The van der Waals surface area contributed by atoms with E-state index in [0.29, 0.717) is 42.7 Å². The average molecular weight is 545 g/mol. The molecule has 2 bridgehead atoms. The topological polar surface area (TPSA) is 45.2 Å². The number of rotatable bonds is 10. The van der Waals surface area contributed by atoms with E-state index in [9.17, 15) is 5.11 Å². The SMILES string of the molecule is CCN(Cc1ccc(OCCN2C3CCC2CC3)c(F)c1)c1cc(OC)ccc1[C@@H]1CCc2cc(O)ccc2C1. The molecule has 6 heteroatoms. The van der Waals surface area contributed by atoms with Crippen molar-refractivity contribution in [1.82, 2.24) is 4.90 Å². The highest BCUT2D eigenvalue weighted by molar-refractivity contribution is 5.60. The zero-order chi connectivity index (χ0) is 27.6. The summed E-state index contributed by atoms with van der Waals surface area (Å²) in [6.07, 6.45) is 8.10. The second kappa shape index (κ2) is 11.7. The number of hydrogen-bond donors (Lipinski definition) is 1. The average Bonchev–Trinajstić information content (AvgIpc) is 3.55. The van der Waals surface area contributed by atoms with E-state index >= 15 is 4.39 Å². The lowest BCUT2D eigenvalue weighted by Gasteiger charge is -2.32. The van der Waals surface area contributed by atoms with Crippen LogP contribution in [-0.2, 0) is 19.4 Å². The zero-order valence-corrected chi connectivity index (χ0v) is 23.7. The van der Waals surface area contributed by atoms with Crippen LogP contribution in [-0.4, -0.2) is 48.9 Å². The first-order chi connectivity index (χ1) is 19.5. The number of benzene rings is 3. The smallest absolute Gasteiger partial charge is 0.165 e. The lowest BCUT2D eigenvalue weighted by molar-refractivity contribution is 0.190. The lowest BCUT2D eigenvalue weighted by atomic mass is 9.79. The standard InChI is InChI=1S/C34H41FN2O3/c1-3-36(22-23-4-15-34(32(35)18-23)40-17-16-37-27-8-9-28(37)11-10-27)33-21-30(39-2)13-14-31(33)26-6-5-25-20-29(38)12-7-24(25)19-26/h4,7,12-15,18,20-21,26-28,38H,3,5-6,8-11,16-17,19,22H2,1-2H3/t26-,27?,28?/m1/s1. The number of ether oxygens (including phenoxy) is 2.